The van der Waals surface area contributed by atoms with Crippen LogP contribution in [0, 0.1) is 0 Å². The van der Waals surface area contributed by atoms with Crippen LogP contribution in [0.2, 0.25) is 0 Å². The number of hydrogen-bond donors (Lipinski definition) is 3. The van der Waals surface area contributed by atoms with Crippen molar-refractivity contribution in [3.63, 3.8) is 0 Å². The molecule has 0 aromatic heterocycles. The first kappa shape index (κ1) is 17.7. The van der Waals surface area contributed by atoms with E-state index in [0.29, 0.717) is 32.4 Å². The number of esters is 2. The van der Waals surface area contributed by atoms with Gasteiger partial charge in [0.2, 0.25) is 0 Å². The van der Waals surface area contributed by atoms with E-state index in [9.17, 15) is 14.4 Å². The van der Waals surface area contributed by atoms with Crippen LogP contribution in [0.25, 0.3) is 0 Å². The van der Waals surface area contributed by atoms with Gasteiger partial charge in [0, 0.05) is 12.5 Å². The van der Waals surface area contributed by atoms with E-state index in [1.807, 2.05) is 0 Å². The maximum atomic E-state index is 11.3. The number of nitrogens with two attached hydrogens (primary N) is 3. The summed E-state index contributed by atoms with van der Waals surface area (Å²) < 4.78 is 4.51. The number of carbonyl (C=O) groups excluding carboxylic acids is 3. The number of rotatable bonds is 10. The zero-order valence-corrected chi connectivity index (χ0v) is 11.1. The van der Waals surface area contributed by atoms with E-state index in [-0.39, 0.29) is 24.7 Å². The van der Waals surface area contributed by atoms with Crippen molar-refractivity contribution in [2.45, 2.75) is 44.6 Å². The fraction of sp³-hybridized carbons (Fsp3) is 0.750. The average Bonchev–Trinajstić information content (AvgIpc) is 2.33. The molecule has 0 aromatic carbocycles. The van der Waals surface area contributed by atoms with E-state index in [0.717, 1.165) is 0 Å². The Morgan fingerprint density at radius 1 is 1.00 bits per heavy atom. The van der Waals surface area contributed by atoms with Crippen molar-refractivity contribution in [1.29, 1.82) is 0 Å². The summed E-state index contributed by atoms with van der Waals surface area (Å²) in [5.74, 6) is -1.82. The van der Waals surface area contributed by atoms with E-state index < -0.39 is 18.4 Å². The average molecular weight is 273 g/mol. The smallest absolute Gasteiger partial charge is 0.320 e. The lowest BCUT2D eigenvalue weighted by Crippen LogP contribution is -2.27. The van der Waals surface area contributed by atoms with Gasteiger partial charge in [0.1, 0.15) is 12.2 Å². The Hall–Kier alpha value is -1.31. The monoisotopic (exact) mass is 273 g/mol. The maximum Gasteiger partial charge on any atom is 0.320 e. The summed E-state index contributed by atoms with van der Waals surface area (Å²) in [6, 6.07) is -0.378. The first-order valence-electron chi connectivity index (χ1n) is 6.40. The van der Waals surface area contributed by atoms with Crippen LogP contribution in [-0.4, -0.2) is 36.9 Å². The largest absolute Gasteiger partial charge is 0.393 e. The predicted octanol–water partition coefficient (Wildman–Crippen LogP) is -0.789. The van der Waals surface area contributed by atoms with E-state index in [4.69, 9.17) is 17.2 Å². The van der Waals surface area contributed by atoms with Gasteiger partial charge in [-0.1, -0.05) is 0 Å². The van der Waals surface area contributed by atoms with Crippen LogP contribution in [0.4, 0.5) is 0 Å². The molecule has 6 N–H and O–H groups in total. The molecule has 0 aliphatic rings. The quantitative estimate of drug-likeness (QED) is 0.350. The van der Waals surface area contributed by atoms with E-state index in [1.54, 1.807) is 0 Å². The van der Waals surface area contributed by atoms with Gasteiger partial charge in [0.05, 0.1) is 6.42 Å². The Labute approximate surface area is 112 Å². The van der Waals surface area contributed by atoms with Crippen molar-refractivity contribution in [2.75, 3.05) is 13.1 Å². The molecule has 0 saturated carbocycles. The van der Waals surface area contributed by atoms with Crippen LogP contribution in [0.1, 0.15) is 38.5 Å². The topological polar surface area (TPSA) is 138 Å². The molecule has 0 bridgehead atoms. The van der Waals surface area contributed by atoms with Crippen LogP contribution in [0.3, 0.4) is 0 Å². The predicted molar refractivity (Wildman–Crippen MR) is 69.9 cm³/mol. The summed E-state index contributed by atoms with van der Waals surface area (Å²) in [6.45, 7) is 0.882. The van der Waals surface area contributed by atoms with Gasteiger partial charge in [-0.2, -0.15) is 0 Å². The summed E-state index contributed by atoms with van der Waals surface area (Å²) in [6.07, 6.45) is 1.58. The van der Waals surface area contributed by atoms with Crippen LogP contribution >= 0.6 is 0 Å². The molecule has 0 spiro atoms. The Balaban J connectivity index is 3.86. The molecule has 0 heterocycles. The molecule has 0 aromatic rings. The molecule has 0 radical (unpaired) electrons. The van der Waals surface area contributed by atoms with Gasteiger partial charge in [-0.15, -0.1) is 0 Å². The Morgan fingerprint density at radius 3 is 2.21 bits per heavy atom. The van der Waals surface area contributed by atoms with Crippen molar-refractivity contribution in [3.05, 3.63) is 0 Å². The maximum absolute atomic E-state index is 11.3. The fourth-order valence-electron chi connectivity index (χ4n) is 1.45. The van der Waals surface area contributed by atoms with Crippen molar-refractivity contribution in [1.82, 2.24) is 0 Å². The second kappa shape index (κ2) is 10.6. The van der Waals surface area contributed by atoms with E-state index >= 15 is 0 Å². The Morgan fingerprint density at radius 2 is 1.63 bits per heavy atom. The summed E-state index contributed by atoms with van der Waals surface area (Å²) in [7, 11) is 0. The van der Waals surface area contributed by atoms with E-state index in [2.05, 4.69) is 4.74 Å². The highest BCUT2D eigenvalue weighted by atomic mass is 16.6. The van der Waals surface area contributed by atoms with Gasteiger partial charge < -0.3 is 21.9 Å². The van der Waals surface area contributed by atoms with Gasteiger partial charge in [0.15, 0.2) is 0 Å². The second-order valence-corrected chi connectivity index (χ2v) is 4.35. The number of ether oxygens (including phenoxy) is 1. The van der Waals surface area contributed by atoms with Gasteiger partial charge in [-0.05, 0) is 32.4 Å². The third-order valence-corrected chi connectivity index (χ3v) is 2.44. The molecule has 0 rings (SSSR count). The number of ketones is 1. The van der Waals surface area contributed by atoms with Crippen LogP contribution in [0.5, 0.6) is 0 Å². The number of Topliss-reactive ketones (excluding diaryl/α,β-unsaturated/α-hetero) is 1. The molecule has 7 heteroatoms. The molecule has 110 valence electrons. The number of carbonyl (C=O) groups is 3. The number of hydrogen-bond acceptors (Lipinski definition) is 7. The third kappa shape index (κ3) is 10.3. The second-order valence-electron chi connectivity index (χ2n) is 4.35. The first-order valence-corrected chi connectivity index (χ1v) is 6.40. The molecule has 0 saturated heterocycles. The molecule has 0 aliphatic heterocycles. The van der Waals surface area contributed by atoms with Gasteiger partial charge >= 0.3 is 11.9 Å². The van der Waals surface area contributed by atoms with Crippen molar-refractivity contribution in [2.24, 2.45) is 17.2 Å². The van der Waals surface area contributed by atoms with Crippen molar-refractivity contribution >= 4 is 17.7 Å². The van der Waals surface area contributed by atoms with E-state index in [1.165, 1.54) is 0 Å². The highest BCUT2D eigenvalue weighted by Gasteiger charge is 2.16. The van der Waals surface area contributed by atoms with Gasteiger partial charge in [-0.3, -0.25) is 14.4 Å². The molecular weight excluding hydrogens is 250 g/mol. The lowest BCUT2D eigenvalue weighted by Gasteiger charge is -2.09. The summed E-state index contributed by atoms with van der Waals surface area (Å²) in [5.41, 5.74) is 16.2. The Kier molecular flexibility index (Phi) is 9.87. The van der Waals surface area contributed by atoms with Crippen molar-refractivity contribution in [3.8, 4) is 0 Å². The fourth-order valence-corrected chi connectivity index (χ4v) is 1.45. The highest BCUT2D eigenvalue weighted by molar-refractivity contribution is 5.99. The molecule has 0 aliphatic carbocycles. The lowest BCUT2D eigenvalue weighted by molar-refractivity contribution is -0.160. The van der Waals surface area contributed by atoms with Gasteiger partial charge in [-0.25, -0.2) is 0 Å². The molecule has 19 heavy (non-hydrogen) atoms. The SMILES string of the molecule is NCCCC(=O)CC(=O)OC(=O)C[C@@H](N)CCCN. The lowest BCUT2D eigenvalue weighted by atomic mass is 10.1. The van der Waals surface area contributed by atoms with Crippen LogP contribution in [0.15, 0.2) is 0 Å². The third-order valence-electron chi connectivity index (χ3n) is 2.44. The minimum atomic E-state index is -0.835. The highest BCUT2D eigenvalue weighted by Crippen LogP contribution is 2.02. The van der Waals surface area contributed by atoms with Crippen molar-refractivity contribution < 1.29 is 19.1 Å². The Bertz CT molecular complexity index is 307. The zero-order valence-electron chi connectivity index (χ0n) is 11.1. The molecule has 7 nitrogen and oxygen atoms in total. The van der Waals surface area contributed by atoms with Crippen LogP contribution < -0.4 is 17.2 Å². The summed E-state index contributed by atoms with van der Waals surface area (Å²) in [4.78, 5) is 33.9. The molecule has 0 unspecified atom stereocenters. The minimum Gasteiger partial charge on any atom is -0.393 e. The summed E-state index contributed by atoms with van der Waals surface area (Å²) >= 11 is 0. The summed E-state index contributed by atoms with van der Waals surface area (Å²) in [5, 5.41) is 0. The molecule has 0 fully saturated rings. The molecule has 0 amide bonds. The molecular formula is C12H23N3O4. The van der Waals surface area contributed by atoms with Gasteiger partial charge in [0.25, 0.3) is 0 Å². The zero-order chi connectivity index (χ0) is 14.7. The standard InChI is InChI=1S/C12H23N3O4/c13-5-1-3-9(15)7-11(17)19-12(18)8-10(16)4-2-6-14/h9H,1-8,13-15H2/t9-/m0/s1. The normalized spacial score (nSPS) is 11.9. The molecule has 1 atom stereocenters. The first-order chi connectivity index (χ1) is 8.99. The minimum absolute atomic E-state index is 0.0528. The van der Waals surface area contributed by atoms with Crippen LogP contribution in [-0.2, 0) is 19.1 Å².